The van der Waals surface area contributed by atoms with E-state index in [2.05, 4.69) is 15.2 Å². The SMILES string of the molecule is CN=C(NCc1cc(OC)c(OC)c(OC)c1)N1CCC2(CCC2)C1.I. The molecule has 1 aromatic carbocycles. The molecule has 1 spiro atoms. The van der Waals surface area contributed by atoms with Crippen LogP contribution in [0.5, 0.6) is 17.2 Å². The zero-order valence-electron chi connectivity index (χ0n) is 16.1. The van der Waals surface area contributed by atoms with Crippen LogP contribution in [-0.2, 0) is 6.54 Å². The zero-order chi connectivity index (χ0) is 17.9. The highest BCUT2D eigenvalue weighted by Gasteiger charge is 2.43. The first-order valence-corrected chi connectivity index (χ1v) is 8.89. The highest BCUT2D eigenvalue weighted by molar-refractivity contribution is 14.0. The molecule has 1 aromatic rings. The van der Waals surface area contributed by atoms with E-state index >= 15 is 0 Å². The highest BCUT2D eigenvalue weighted by atomic mass is 127. The van der Waals surface area contributed by atoms with Crippen LogP contribution in [0.3, 0.4) is 0 Å². The van der Waals surface area contributed by atoms with Crippen LogP contribution in [0, 0.1) is 5.41 Å². The third-order valence-electron chi connectivity index (χ3n) is 5.54. The summed E-state index contributed by atoms with van der Waals surface area (Å²) in [7, 11) is 6.73. The number of nitrogens with zero attached hydrogens (tertiary/aromatic N) is 2. The zero-order valence-corrected chi connectivity index (χ0v) is 18.5. The Hall–Kier alpha value is -1.38. The Bertz CT molecular complexity index is 622. The molecule has 0 amide bonds. The van der Waals surface area contributed by atoms with Crippen LogP contribution in [0.4, 0.5) is 0 Å². The summed E-state index contributed by atoms with van der Waals surface area (Å²) < 4.78 is 16.2. The average molecular weight is 475 g/mol. The van der Waals surface area contributed by atoms with Crippen molar-refractivity contribution >= 4 is 29.9 Å². The van der Waals surface area contributed by atoms with Crippen LogP contribution < -0.4 is 19.5 Å². The molecule has 1 N–H and O–H groups in total. The largest absolute Gasteiger partial charge is 0.493 e. The fraction of sp³-hybridized carbons (Fsp3) is 0.632. The average Bonchev–Trinajstić information content (AvgIpc) is 3.07. The molecule has 1 aliphatic heterocycles. The number of rotatable bonds is 5. The first kappa shape index (κ1) is 20.9. The summed E-state index contributed by atoms with van der Waals surface area (Å²) in [6.07, 6.45) is 5.41. The number of halogens is 1. The molecular weight excluding hydrogens is 445 g/mol. The van der Waals surface area contributed by atoms with Crippen molar-refractivity contribution in [3.8, 4) is 17.2 Å². The Labute approximate surface area is 173 Å². The molecule has 26 heavy (non-hydrogen) atoms. The first-order valence-electron chi connectivity index (χ1n) is 8.89. The van der Waals surface area contributed by atoms with Crippen LogP contribution >= 0.6 is 24.0 Å². The third kappa shape index (κ3) is 4.13. The summed E-state index contributed by atoms with van der Waals surface area (Å²) in [5, 5.41) is 3.48. The van der Waals surface area contributed by atoms with E-state index in [1.807, 2.05) is 19.2 Å². The van der Waals surface area contributed by atoms with Crippen molar-refractivity contribution in [3.63, 3.8) is 0 Å². The maximum absolute atomic E-state index is 5.43. The molecule has 3 rings (SSSR count). The lowest BCUT2D eigenvalue weighted by Crippen LogP contribution is -2.42. The van der Waals surface area contributed by atoms with Gasteiger partial charge in [0.2, 0.25) is 5.75 Å². The minimum absolute atomic E-state index is 0. The lowest BCUT2D eigenvalue weighted by Gasteiger charge is -2.38. The first-order chi connectivity index (χ1) is 12.1. The van der Waals surface area contributed by atoms with Gasteiger partial charge in [0, 0.05) is 26.7 Å². The van der Waals surface area contributed by atoms with Gasteiger partial charge in [-0.2, -0.15) is 0 Å². The molecule has 1 heterocycles. The van der Waals surface area contributed by atoms with E-state index < -0.39 is 0 Å². The van der Waals surface area contributed by atoms with Crippen LogP contribution in [0.15, 0.2) is 17.1 Å². The molecule has 0 bridgehead atoms. The molecule has 2 fully saturated rings. The highest BCUT2D eigenvalue weighted by Crippen LogP contribution is 2.47. The van der Waals surface area contributed by atoms with Gasteiger partial charge in [-0.3, -0.25) is 4.99 Å². The van der Waals surface area contributed by atoms with Gasteiger partial charge in [0.1, 0.15) is 0 Å². The molecule has 6 nitrogen and oxygen atoms in total. The number of hydrogen-bond acceptors (Lipinski definition) is 4. The van der Waals surface area contributed by atoms with E-state index in [4.69, 9.17) is 14.2 Å². The van der Waals surface area contributed by atoms with E-state index in [1.54, 1.807) is 21.3 Å². The Kier molecular flexibility index (Phi) is 7.25. The normalized spacial score (nSPS) is 18.2. The van der Waals surface area contributed by atoms with Crippen LogP contribution in [-0.4, -0.2) is 52.3 Å². The van der Waals surface area contributed by atoms with Crippen molar-refractivity contribution in [2.75, 3.05) is 41.5 Å². The van der Waals surface area contributed by atoms with E-state index in [-0.39, 0.29) is 24.0 Å². The maximum atomic E-state index is 5.43. The molecule has 0 atom stereocenters. The van der Waals surface area contributed by atoms with Gasteiger partial charge < -0.3 is 24.4 Å². The second-order valence-corrected chi connectivity index (χ2v) is 6.96. The van der Waals surface area contributed by atoms with E-state index in [0.717, 1.165) is 24.6 Å². The molecule has 1 aliphatic carbocycles. The quantitative estimate of drug-likeness (QED) is 0.403. The lowest BCUT2D eigenvalue weighted by molar-refractivity contribution is 0.151. The minimum atomic E-state index is 0. The molecule has 0 unspecified atom stereocenters. The van der Waals surface area contributed by atoms with Crippen molar-refractivity contribution in [2.24, 2.45) is 10.4 Å². The van der Waals surface area contributed by atoms with Gasteiger partial charge in [0.15, 0.2) is 17.5 Å². The van der Waals surface area contributed by atoms with Crippen LogP contribution in [0.25, 0.3) is 0 Å². The molecule has 1 saturated carbocycles. The van der Waals surface area contributed by atoms with Gasteiger partial charge >= 0.3 is 0 Å². The van der Waals surface area contributed by atoms with Gasteiger partial charge in [0.05, 0.1) is 21.3 Å². The Morgan fingerprint density at radius 1 is 1.12 bits per heavy atom. The minimum Gasteiger partial charge on any atom is -0.493 e. The van der Waals surface area contributed by atoms with Crippen LogP contribution in [0.2, 0.25) is 0 Å². The number of benzene rings is 1. The molecule has 7 heteroatoms. The summed E-state index contributed by atoms with van der Waals surface area (Å²) in [4.78, 5) is 6.86. The summed E-state index contributed by atoms with van der Waals surface area (Å²) >= 11 is 0. The van der Waals surface area contributed by atoms with E-state index in [9.17, 15) is 0 Å². The Morgan fingerprint density at radius 3 is 2.19 bits per heavy atom. The number of ether oxygens (including phenoxy) is 3. The van der Waals surface area contributed by atoms with Crippen molar-refractivity contribution in [2.45, 2.75) is 32.2 Å². The molecule has 0 radical (unpaired) electrons. The molecular formula is C19H30IN3O3. The standard InChI is InChI=1S/C19H29N3O3.HI/c1-20-18(22-9-8-19(13-22)6-5-7-19)21-12-14-10-15(23-2)17(25-4)16(11-14)24-3;/h10-11H,5-9,12-13H2,1-4H3,(H,20,21);1H. The van der Waals surface area contributed by atoms with Crippen molar-refractivity contribution < 1.29 is 14.2 Å². The van der Waals surface area contributed by atoms with Gasteiger partial charge in [-0.25, -0.2) is 0 Å². The molecule has 2 aliphatic rings. The number of likely N-dealkylation sites (tertiary alicyclic amines) is 1. The predicted octanol–water partition coefficient (Wildman–Crippen LogP) is 3.28. The summed E-state index contributed by atoms with van der Waals surface area (Å²) in [6.45, 7) is 2.88. The van der Waals surface area contributed by atoms with Gasteiger partial charge in [0.25, 0.3) is 0 Å². The summed E-state index contributed by atoms with van der Waals surface area (Å²) in [5.41, 5.74) is 1.62. The lowest BCUT2D eigenvalue weighted by atomic mass is 9.68. The fourth-order valence-corrected chi connectivity index (χ4v) is 3.95. The third-order valence-corrected chi connectivity index (χ3v) is 5.54. The monoisotopic (exact) mass is 475 g/mol. The van der Waals surface area contributed by atoms with Crippen molar-refractivity contribution in [1.29, 1.82) is 0 Å². The molecule has 146 valence electrons. The Morgan fingerprint density at radius 2 is 1.77 bits per heavy atom. The van der Waals surface area contributed by atoms with Crippen molar-refractivity contribution in [3.05, 3.63) is 17.7 Å². The fourth-order valence-electron chi connectivity index (χ4n) is 3.95. The van der Waals surface area contributed by atoms with E-state index in [0.29, 0.717) is 29.2 Å². The number of guanidine groups is 1. The predicted molar refractivity (Wildman–Crippen MR) is 114 cm³/mol. The Balaban J connectivity index is 0.00000243. The number of methoxy groups -OCH3 is 3. The molecule has 0 aromatic heterocycles. The maximum Gasteiger partial charge on any atom is 0.203 e. The number of aliphatic imine (C=N–C) groups is 1. The smallest absolute Gasteiger partial charge is 0.203 e. The second-order valence-electron chi connectivity index (χ2n) is 6.96. The topological polar surface area (TPSA) is 55.3 Å². The van der Waals surface area contributed by atoms with Gasteiger partial charge in [-0.1, -0.05) is 6.42 Å². The van der Waals surface area contributed by atoms with E-state index in [1.165, 1.54) is 25.7 Å². The summed E-state index contributed by atoms with van der Waals surface area (Å²) in [6, 6.07) is 3.94. The van der Waals surface area contributed by atoms with Crippen molar-refractivity contribution in [1.82, 2.24) is 10.2 Å². The molecule has 1 saturated heterocycles. The van der Waals surface area contributed by atoms with Gasteiger partial charge in [-0.15, -0.1) is 24.0 Å². The number of hydrogen-bond donors (Lipinski definition) is 1. The van der Waals surface area contributed by atoms with Gasteiger partial charge in [-0.05, 0) is 42.4 Å². The van der Waals surface area contributed by atoms with Crippen LogP contribution in [0.1, 0.15) is 31.2 Å². The summed E-state index contributed by atoms with van der Waals surface area (Å²) in [5.74, 6) is 2.92. The number of nitrogens with one attached hydrogen (secondary N) is 1. The second kappa shape index (κ2) is 9.01.